The molecule has 1 aromatic carbocycles. The number of nitrogens with one attached hydrogen (secondary N) is 1. The van der Waals surface area contributed by atoms with Crippen LogP contribution in [0.3, 0.4) is 0 Å². The van der Waals surface area contributed by atoms with Crippen LogP contribution >= 0.6 is 11.8 Å². The molecule has 2 aromatic heterocycles. The second kappa shape index (κ2) is 9.03. The number of nitrogens with zero attached hydrogens (tertiary/aromatic N) is 4. The van der Waals surface area contributed by atoms with Crippen LogP contribution in [0.15, 0.2) is 35.5 Å². The van der Waals surface area contributed by atoms with E-state index in [1.54, 1.807) is 13.0 Å². The molecule has 0 amide bonds. The van der Waals surface area contributed by atoms with Gasteiger partial charge in [0.1, 0.15) is 18.0 Å². The first kappa shape index (κ1) is 20.9. The first-order valence-electron chi connectivity index (χ1n) is 8.19. The molecule has 3 aromatic rings. The maximum Gasteiger partial charge on any atom is 0.446 e. The number of fused-ring (bicyclic) bond motifs is 1. The van der Waals surface area contributed by atoms with Crippen LogP contribution < -0.4 is 5.32 Å². The minimum atomic E-state index is -4.52. The van der Waals surface area contributed by atoms with Gasteiger partial charge in [-0.25, -0.2) is 9.37 Å². The van der Waals surface area contributed by atoms with Gasteiger partial charge in [0, 0.05) is 18.3 Å². The predicted octanol–water partition coefficient (Wildman–Crippen LogP) is 5.21. The number of hydrogen-bond donors (Lipinski definition) is 1. The van der Waals surface area contributed by atoms with Crippen LogP contribution in [-0.2, 0) is 6.54 Å². The van der Waals surface area contributed by atoms with Crippen LogP contribution in [-0.4, -0.2) is 25.1 Å². The zero-order valence-corrected chi connectivity index (χ0v) is 15.8. The Morgan fingerprint density at radius 1 is 1.19 bits per heavy atom. The van der Waals surface area contributed by atoms with Crippen LogP contribution in [0.4, 0.5) is 23.4 Å². The van der Waals surface area contributed by atoms with Crippen molar-refractivity contribution in [2.45, 2.75) is 44.1 Å². The van der Waals surface area contributed by atoms with E-state index in [1.165, 1.54) is 23.3 Å². The Balaban J connectivity index is 0.000000817. The van der Waals surface area contributed by atoms with E-state index >= 15 is 0 Å². The Morgan fingerprint density at radius 2 is 1.89 bits per heavy atom. The highest BCUT2D eigenvalue weighted by atomic mass is 32.2. The highest BCUT2D eigenvalue weighted by molar-refractivity contribution is 8.00. The average Bonchev–Trinajstić information content (AvgIpc) is 3.03. The second-order valence-electron chi connectivity index (χ2n) is 5.63. The van der Waals surface area contributed by atoms with Crippen LogP contribution in [0.5, 0.6) is 0 Å². The Hall–Kier alpha value is -2.36. The van der Waals surface area contributed by atoms with E-state index < -0.39 is 28.0 Å². The van der Waals surface area contributed by atoms with Gasteiger partial charge in [-0.2, -0.15) is 27.8 Å². The molecule has 0 aliphatic rings. The summed E-state index contributed by atoms with van der Waals surface area (Å²) in [6.07, 6.45) is 2.61. The smallest absolute Gasteiger partial charge is 0.366 e. The largest absolute Gasteiger partial charge is 0.446 e. The lowest BCUT2D eigenvalue weighted by Gasteiger charge is -2.10. The van der Waals surface area contributed by atoms with E-state index in [2.05, 4.69) is 34.2 Å². The summed E-state index contributed by atoms with van der Waals surface area (Å²) in [7, 11) is 0. The van der Waals surface area contributed by atoms with Gasteiger partial charge in [0.05, 0.1) is 4.90 Å². The van der Waals surface area contributed by atoms with E-state index in [-0.39, 0.29) is 6.54 Å². The van der Waals surface area contributed by atoms with Crippen molar-refractivity contribution >= 4 is 23.4 Å². The molecular formula is C17H19F4N5S. The molecule has 0 aliphatic carbocycles. The highest BCUT2D eigenvalue weighted by Gasteiger charge is 2.30. The fraction of sp³-hybridized carbons (Fsp3) is 0.353. The van der Waals surface area contributed by atoms with Gasteiger partial charge in [0.2, 0.25) is 0 Å². The molecule has 5 nitrogen and oxygen atoms in total. The highest BCUT2D eigenvalue weighted by Crippen LogP contribution is 2.38. The number of rotatable bonds is 4. The molecule has 27 heavy (non-hydrogen) atoms. The van der Waals surface area contributed by atoms with E-state index in [9.17, 15) is 17.6 Å². The summed E-state index contributed by atoms with van der Waals surface area (Å²) in [5, 5.41) is 7.07. The van der Waals surface area contributed by atoms with Crippen LogP contribution in [0.2, 0.25) is 0 Å². The SMILES string of the molecule is CCC.Cc1cc(NCc2ccc(SC(F)(F)F)c(F)c2)n2ncnc2n1. The van der Waals surface area contributed by atoms with Crippen molar-refractivity contribution in [3.05, 3.63) is 47.7 Å². The third-order valence-electron chi connectivity index (χ3n) is 3.08. The first-order valence-corrected chi connectivity index (χ1v) is 9.00. The van der Waals surface area contributed by atoms with Gasteiger partial charge < -0.3 is 5.32 Å². The molecule has 2 heterocycles. The van der Waals surface area contributed by atoms with Crippen molar-refractivity contribution in [2.24, 2.45) is 0 Å². The van der Waals surface area contributed by atoms with E-state index in [4.69, 9.17) is 0 Å². The molecule has 146 valence electrons. The average molecular weight is 401 g/mol. The Kier molecular flexibility index (Phi) is 7.00. The maximum absolute atomic E-state index is 13.8. The number of benzene rings is 1. The van der Waals surface area contributed by atoms with Gasteiger partial charge in [-0.3, -0.25) is 0 Å². The zero-order chi connectivity index (χ0) is 20.0. The third-order valence-corrected chi connectivity index (χ3v) is 3.86. The molecule has 0 unspecified atom stereocenters. The van der Waals surface area contributed by atoms with Gasteiger partial charge >= 0.3 is 5.51 Å². The van der Waals surface area contributed by atoms with Crippen LogP contribution in [0, 0.1) is 12.7 Å². The van der Waals surface area contributed by atoms with Crippen molar-refractivity contribution in [1.29, 1.82) is 0 Å². The van der Waals surface area contributed by atoms with E-state index in [0.717, 1.165) is 17.8 Å². The summed E-state index contributed by atoms with van der Waals surface area (Å²) >= 11 is -0.471. The molecule has 0 fully saturated rings. The lowest BCUT2D eigenvalue weighted by Crippen LogP contribution is -2.07. The number of anilines is 1. The van der Waals surface area contributed by atoms with Crippen molar-refractivity contribution in [3.63, 3.8) is 0 Å². The second-order valence-corrected chi connectivity index (χ2v) is 6.73. The molecule has 3 rings (SSSR count). The van der Waals surface area contributed by atoms with E-state index in [1.807, 2.05) is 0 Å². The van der Waals surface area contributed by atoms with E-state index in [0.29, 0.717) is 17.2 Å². The molecule has 0 bridgehead atoms. The normalized spacial score (nSPS) is 11.2. The Bertz CT molecular complexity index is 895. The predicted molar refractivity (Wildman–Crippen MR) is 97.1 cm³/mol. The lowest BCUT2D eigenvalue weighted by molar-refractivity contribution is -0.0329. The fourth-order valence-corrected chi connectivity index (χ4v) is 2.65. The standard InChI is InChI=1S/C14H11F4N5S.C3H8/c1-8-4-12(23-13(22-8)20-7-21-23)19-6-9-2-3-11(10(15)5-9)24-14(16,17)18;1-3-2/h2-5,7,19H,6H2,1H3;3H2,1-2H3. The molecule has 0 aliphatic heterocycles. The number of hydrogen-bond acceptors (Lipinski definition) is 5. The molecule has 0 radical (unpaired) electrons. The summed E-state index contributed by atoms with van der Waals surface area (Å²) < 4.78 is 52.2. The minimum absolute atomic E-state index is 0.215. The van der Waals surface area contributed by atoms with Crippen molar-refractivity contribution in [1.82, 2.24) is 19.6 Å². The van der Waals surface area contributed by atoms with Crippen LogP contribution in [0.1, 0.15) is 31.5 Å². The number of alkyl halides is 3. The molecule has 10 heteroatoms. The molecular weight excluding hydrogens is 382 g/mol. The van der Waals surface area contributed by atoms with Crippen molar-refractivity contribution < 1.29 is 17.6 Å². The monoisotopic (exact) mass is 401 g/mol. The van der Waals surface area contributed by atoms with Gasteiger partial charge in [0.15, 0.2) is 0 Å². The fourth-order valence-electron chi connectivity index (χ4n) is 2.11. The molecule has 0 saturated heterocycles. The quantitative estimate of drug-likeness (QED) is 0.480. The summed E-state index contributed by atoms with van der Waals surface area (Å²) in [5.74, 6) is 0.109. The summed E-state index contributed by atoms with van der Waals surface area (Å²) in [5.41, 5.74) is -3.30. The van der Waals surface area contributed by atoms with Gasteiger partial charge in [-0.15, -0.1) is 0 Å². The van der Waals surface area contributed by atoms with Crippen molar-refractivity contribution in [2.75, 3.05) is 5.32 Å². The molecule has 1 N–H and O–H groups in total. The van der Waals surface area contributed by atoms with Gasteiger partial charge in [-0.1, -0.05) is 26.3 Å². The molecule has 0 saturated carbocycles. The van der Waals surface area contributed by atoms with Gasteiger partial charge in [0.25, 0.3) is 5.78 Å². The Labute approximate surface area is 158 Å². The van der Waals surface area contributed by atoms with Crippen molar-refractivity contribution in [3.8, 4) is 0 Å². The maximum atomic E-state index is 13.8. The third kappa shape index (κ3) is 6.09. The number of halogens is 4. The number of aromatic nitrogens is 4. The van der Waals surface area contributed by atoms with Gasteiger partial charge in [-0.05, 0) is 36.4 Å². The summed E-state index contributed by atoms with van der Waals surface area (Å²) in [6.45, 7) is 6.26. The zero-order valence-electron chi connectivity index (χ0n) is 15.0. The molecule has 0 atom stereocenters. The summed E-state index contributed by atoms with van der Waals surface area (Å²) in [6, 6.07) is 5.38. The lowest BCUT2D eigenvalue weighted by atomic mass is 10.2. The minimum Gasteiger partial charge on any atom is -0.366 e. The topological polar surface area (TPSA) is 55.1 Å². The molecule has 0 spiro atoms. The number of thioether (sulfide) groups is 1. The first-order chi connectivity index (χ1) is 12.7. The Morgan fingerprint density at radius 3 is 2.52 bits per heavy atom. The van der Waals surface area contributed by atoms with Crippen LogP contribution in [0.25, 0.3) is 5.78 Å². The summed E-state index contributed by atoms with van der Waals surface area (Å²) in [4.78, 5) is 7.72. The number of aryl methyl sites for hydroxylation is 1.